The molecule has 0 fully saturated rings. The number of aromatic nitrogens is 3. The lowest BCUT2D eigenvalue weighted by molar-refractivity contribution is -0.274. The summed E-state index contributed by atoms with van der Waals surface area (Å²) in [5.41, 5.74) is 2.25. The number of nitrogens with one attached hydrogen (secondary N) is 2. The van der Waals surface area contributed by atoms with Gasteiger partial charge in [0.05, 0.1) is 27.0 Å². The van der Waals surface area contributed by atoms with Crippen LogP contribution in [-0.4, -0.2) is 78.3 Å². The highest BCUT2D eigenvalue weighted by molar-refractivity contribution is 7.90. The van der Waals surface area contributed by atoms with Gasteiger partial charge in [0, 0.05) is 44.6 Å². The lowest BCUT2D eigenvalue weighted by Crippen LogP contribution is -2.37. The van der Waals surface area contributed by atoms with Crippen molar-refractivity contribution in [2.75, 3.05) is 43.5 Å². The number of rotatable bonds is 11. The van der Waals surface area contributed by atoms with E-state index < -0.39 is 16.2 Å². The van der Waals surface area contributed by atoms with Gasteiger partial charge in [-0.25, -0.2) is 18.4 Å². The molecule has 39 heavy (non-hydrogen) atoms. The highest BCUT2D eigenvalue weighted by Crippen LogP contribution is 2.33. The van der Waals surface area contributed by atoms with E-state index >= 15 is 0 Å². The molecule has 2 heterocycles. The van der Waals surface area contributed by atoms with Crippen molar-refractivity contribution in [1.29, 1.82) is 0 Å². The smallest absolute Gasteiger partial charge is 0.406 e. The fourth-order valence-electron chi connectivity index (χ4n) is 3.86. The molecular formula is C24H27F3N6O4S2. The van der Waals surface area contributed by atoms with Gasteiger partial charge in [-0.2, -0.15) is 0 Å². The molecule has 2 aromatic carbocycles. The van der Waals surface area contributed by atoms with Gasteiger partial charge in [0.15, 0.2) is 5.13 Å². The number of ether oxygens (including phenoxy) is 1. The molecule has 4 aromatic rings. The van der Waals surface area contributed by atoms with Crippen molar-refractivity contribution in [2.24, 2.45) is 7.05 Å². The number of alkyl halides is 3. The average Bonchev–Trinajstić information content (AvgIpc) is 3.38. The highest BCUT2D eigenvalue weighted by Gasteiger charge is 2.31. The molecule has 1 amide bonds. The number of likely N-dealkylation sites (N-methyl/N-ethyl adjacent to an activating group) is 1. The van der Waals surface area contributed by atoms with Gasteiger partial charge in [-0.3, -0.25) is 4.79 Å². The second-order valence-corrected chi connectivity index (χ2v) is 12.1. The maximum absolute atomic E-state index is 12.7. The van der Waals surface area contributed by atoms with Gasteiger partial charge in [-0.15, -0.1) is 13.2 Å². The third-order valence-corrected chi connectivity index (χ3v) is 7.75. The summed E-state index contributed by atoms with van der Waals surface area (Å²) in [5, 5.41) is 6.37. The van der Waals surface area contributed by atoms with Crippen LogP contribution in [0, 0.1) is 0 Å². The molecule has 0 atom stereocenters. The zero-order valence-electron chi connectivity index (χ0n) is 21.4. The lowest BCUT2D eigenvalue weighted by Gasteiger charge is -2.19. The summed E-state index contributed by atoms with van der Waals surface area (Å²) < 4.78 is 66.6. The predicted molar refractivity (Wildman–Crippen MR) is 144 cm³/mol. The van der Waals surface area contributed by atoms with Crippen molar-refractivity contribution in [3.63, 3.8) is 0 Å². The topological polar surface area (TPSA) is 118 Å². The first-order chi connectivity index (χ1) is 18.3. The van der Waals surface area contributed by atoms with E-state index in [0.29, 0.717) is 58.6 Å². The van der Waals surface area contributed by atoms with E-state index in [4.69, 9.17) is 0 Å². The van der Waals surface area contributed by atoms with Gasteiger partial charge >= 0.3 is 6.36 Å². The summed E-state index contributed by atoms with van der Waals surface area (Å²) >= 11 is 1.15. The van der Waals surface area contributed by atoms with Gasteiger partial charge < -0.3 is 24.8 Å². The standard InChI is InChI=1S/C24H27F3N6O4S2/c1-4-33(11-12-39(3,35)36)10-9-28-21(34)15-5-8-19-18(13-15)29-22(32(19)2)31-23-30-17-7-6-16(14-20(17)38-23)37-24(25,26)27/h5-8,13-14H,4,9-12H2,1-3H3,(H,28,34)(H,29,30,31). The Morgan fingerprint density at radius 3 is 2.59 bits per heavy atom. The molecule has 0 spiro atoms. The number of hydrogen-bond acceptors (Lipinski definition) is 9. The number of anilines is 2. The minimum absolute atomic E-state index is 0.0615. The number of benzene rings is 2. The molecule has 0 saturated heterocycles. The van der Waals surface area contributed by atoms with Gasteiger partial charge in [0.25, 0.3) is 5.91 Å². The molecule has 0 unspecified atom stereocenters. The molecule has 10 nitrogen and oxygen atoms in total. The van der Waals surface area contributed by atoms with Crippen molar-refractivity contribution in [3.05, 3.63) is 42.0 Å². The molecule has 0 aliphatic rings. The Labute approximate surface area is 226 Å². The van der Waals surface area contributed by atoms with Crippen LogP contribution in [0.3, 0.4) is 0 Å². The summed E-state index contributed by atoms with van der Waals surface area (Å²) in [4.78, 5) is 23.6. The third kappa shape index (κ3) is 7.58. The summed E-state index contributed by atoms with van der Waals surface area (Å²) in [5.74, 6) is -0.0985. The van der Waals surface area contributed by atoms with E-state index in [2.05, 4.69) is 25.3 Å². The van der Waals surface area contributed by atoms with Crippen LogP contribution in [0.15, 0.2) is 36.4 Å². The first-order valence-electron chi connectivity index (χ1n) is 11.9. The maximum atomic E-state index is 12.7. The minimum atomic E-state index is -4.78. The average molecular weight is 585 g/mol. The number of thiazole rings is 1. The predicted octanol–water partition coefficient (Wildman–Crippen LogP) is 3.92. The van der Waals surface area contributed by atoms with Gasteiger partial charge in [0.2, 0.25) is 5.95 Å². The van der Waals surface area contributed by atoms with Gasteiger partial charge in [-0.1, -0.05) is 18.3 Å². The zero-order chi connectivity index (χ0) is 28.4. The second kappa shape index (κ2) is 11.4. The molecule has 0 aliphatic carbocycles. The highest BCUT2D eigenvalue weighted by atomic mass is 32.2. The Kier molecular flexibility index (Phi) is 8.32. The first-order valence-corrected chi connectivity index (χ1v) is 14.8. The molecule has 0 saturated carbocycles. The monoisotopic (exact) mass is 584 g/mol. The number of nitrogens with zero attached hydrogens (tertiary/aromatic N) is 4. The van der Waals surface area contributed by atoms with E-state index in [0.717, 1.165) is 16.9 Å². The lowest BCUT2D eigenvalue weighted by atomic mass is 10.2. The summed E-state index contributed by atoms with van der Waals surface area (Å²) in [6, 6.07) is 9.04. The van der Waals surface area contributed by atoms with E-state index in [1.54, 1.807) is 29.8 Å². The van der Waals surface area contributed by atoms with Crippen LogP contribution < -0.4 is 15.4 Å². The molecule has 4 rings (SSSR count). The normalized spacial score (nSPS) is 12.4. The molecule has 210 valence electrons. The Balaban J connectivity index is 1.42. The first kappa shape index (κ1) is 28.6. The molecule has 15 heteroatoms. The van der Waals surface area contributed by atoms with E-state index in [1.807, 2.05) is 11.8 Å². The molecular weight excluding hydrogens is 557 g/mol. The molecule has 2 N–H and O–H groups in total. The van der Waals surface area contributed by atoms with Crippen LogP contribution in [0.1, 0.15) is 17.3 Å². The number of sulfone groups is 1. The second-order valence-electron chi connectivity index (χ2n) is 8.84. The number of carbonyl (C=O) groups excluding carboxylic acids is 1. The third-order valence-electron chi connectivity index (χ3n) is 5.89. The summed E-state index contributed by atoms with van der Waals surface area (Å²) in [6.45, 7) is 3.87. The number of carbonyl (C=O) groups is 1. The SMILES string of the molecule is CCN(CCNC(=O)c1ccc2c(c1)nc(Nc1nc3ccc(OC(F)(F)F)cc3s1)n2C)CCS(C)(=O)=O. The fourth-order valence-corrected chi connectivity index (χ4v) is 5.33. The van der Waals surface area contributed by atoms with Crippen LogP contribution in [0.25, 0.3) is 21.3 Å². The summed E-state index contributed by atoms with van der Waals surface area (Å²) in [7, 11) is -1.27. The number of hydrogen-bond donors (Lipinski definition) is 2. The van der Waals surface area contributed by atoms with Crippen LogP contribution in [0.5, 0.6) is 5.75 Å². The zero-order valence-corrected chi connectivity index (χ0v) is 23.0. The summed E-state index contributed by atoms with van der Waals surface area (Å²) in [6.07, 6.45) is -3.58. The van der Waals surface area contributed by atoms with Crippen molar-refractivity contribution in [1.82, 2.24) is 24.8 Å². The Morgan fingerprint density at radius 2 is 1.90 bits per heavy atom. The fraction of sp³-hybridized carbons (Fsp3) is 0.375. The van der Waals surface area contributed by atoms with Gasteiger partial charge in [-0.05, 0) is 36.9 Å². The Bertz CT molecular complexity index is 1600. The molecule has 2 aromatic heterocycles. The van der Waals surface area contributed by atoms with Crippen molar-refractivity contribution in [3.8, 4) is 5.75 Å². The molecule has 0 aliphatic heterocycles. The van der Waals surface area contributed by atoms with Crippen LogP contribution >= 0.6 is 11.3 Å². The van der Waals surface area contributed by atoms with Crippen molar-refractivity contribution >= 4 is 59.4 Å². The van der Waals surface area contributed by atoms with Crippen LogP contribution in [0.2, 0.25) is 0 Å². The minimum Gasteiger partial charge on any atom is -0.406 e. The number of aryl methyl sites for hydroxylation is 1. The van der Waals surface area contributed by atoms with Crippen molar-refractivity contribution < 1.29 is 31.1 Å². The van der Waals surface area contributed by atoms with E-state index in [1.165, 1.54) is 24.5 Å². The Morgan fingerprint density at radius 1 is 1.13 bits per heavy atom. The van der Waals surface area contributed by atoms with Gasteiger partial charge in [0.1, 0.15) is 15.6 Å². The maximum Gasteiger partial charge on any atom is 0.573 e. The quantitative estimate of drug-likeness (QED) is 0.272. The largest absolute Gasteiger partial charge is 0.573 e. The number of halogens is 3. The van der Waals surface area contributed by atoms with E-state index in [-0.39, 0.29) is 17.4 Å². The number of amides is 1. The molecule has 0 bridgehead atoms. The van der Waals surface area contributed by atoms with Crippen molar-refractivity contribution in [2.45, 2.75) is 13.3 Å². The number of fused-ring (bicyclic) bond motifs is 2. The number of imidazole rings is 1. The van der Waals surface area contributed by atoms with E-state index in [9.17, 15) is 26.4 Å². The van der Waals surface area contributed by atoms with Crippen LogP contribution in [-0.2, 0) is 16.9 Å². The van der Waals surface area contributed by atoms with Crippen LogP contribution in [0.4, 0.5) is 24.3 Å². The Hall–Kier alpha value is -3.43. The molecule has 0 radical (unpaired) electrons.